The van der Waals surface area contributed by atoms with Crippen LogP contribution in [-0.2, 0) is 5.41 Å². The number of rotatable bonds is 5. The number of nitrogens with zero attached hydrogens (tertiary/aromatic N) is 2. The molecule has 6 aromatic rings. The van der Waals surface area contributed by atoms with Crippen molar-refractivity contribution in [2.75, 3.05) is 4.90 Å². The molecular formula is C41H34N2. The SMILES string of the molecule is c1ccc(-c2ccc(N(c3cccc(-c4ccncc4)c3)c3ccc4c(c3)C3(CCCCC3)c3ccccc3-4)cc2)cc1. The predicted octanol–water partition coefficient (Wildman–Crippen LogP) is 11.1. The minimum Gasteiger partial charge on any atom is -0.310 e. The van der Waals surface area contributed by atoms with Gasteiger partial charge in [-0.2, -0.15) is 0 Å². The molecule has 1 aromatic heterocycles. The molecule has 0 radical (unpaired) electrons. The third-order valence-corrected chi connectivity index (χ3v) is 9.57. The maximum Gasteiger partial charge on any atom is 0.0467 e. The van der Waals surface area contributed by atoms with Crippen molar-refractivity contribution in [1.29, 1.82) is 0 Å². The van der Waals surface area contributed by atoms with Crippen LogP contribution in [0.25, 0.3) is 33.4 Å². The van der Waals surface area contributed by atoms with Crippen molar-refractivity contribution < 1.29 is 0 Å². The molecule has 0 saturated heterocycles. The highest BCUT2D eigenvalue weighted by Crippen LogP contribution is 2.56. The Hall–Kier alpha value is -4.95. The Labute approximate surface area is 254 Å². The number of fused-ring (bicyclic) bond motifs is 5. The molecule has 8 rings (SSSR count). The lowest BCUT2D eigenvalue weighted by molar-refractivity contribution is 0.353. The second-order valence-electron chi connectivity index (χ2n) is 12.0. The lowest BCUT2D eigenvalue weighted by atomic mass is 9.68. The van der Waals surface area contributed by atoms with Crippen LogP contribution in [0.5, 0.6) is 0 Å². The van der Waals surface area contributed by atoms with Crippen LogP contribution in [0.15, 0.2) is 146 Å². The summed E-state index contributed by atoms with van der Waals surface area (Å²) in [7, 11) is 0. The second-order valence-corrected chi connectivity index (χ2v) is 12.0. The normalized spacial score (nSPS) is 14.7. The molecule has 5 aromatic carbocycles. The Morgan fingerprint density at radius 3 is 1.88 bits per heavy atom. The van der Waals surface area contributed by atoms with Gasteiger partial charge in [0.2, 0.25) is 0 Å². The lowest BCUT2D eigenvalue weighted by Gasteiger charge is -2.36. The molecule has 2 aliphatic carbocycles. The summed E-state index contributed by atoms with van der Waals surface area (Å²) in [6.07, 6.45) is 10.1. The molecule has 0 aliphatic heterocycles. The quantitative estimate of drug-likeness (QED) is 0.211. The van der Waals surface area contributed by atoms with E-state index in [-0.39, 0.29) is 5.41 Å². The van der Waals surface area contributed by atoms with Gasteiger partial charge in [0, 0.05) is 34.9 Å². The zero-order valence-electron chi connectivity index (χ0n) is 24.3. The van der Waals surface area contributed by atoms with Gasteiger partial charge in [-0.05, 0) is 106 Å². The van der Waals surface area contributed by atoms with E-state index in [1.54, 1.807) is 0 Å². The predicted molar refractivity (Wildman–Crippen MR) is 179 cm³/mol. The van der Waals surface area contributed by atoms with Gasteiger partial charge in [-0.1, -0.05) is 104 Å². The van der Waals surface area contributed by atoms with E-state index in [1.807, 2.05) is 12.4 Å². The third-order valence-electron chi connectivity index (χ3n) is 9.57. The molecule has 0 amide bonds. The Morgan fingerprint density at radius 1 is 0.442 bits per heavy atom. The summed E-state index contributed by atoms with van der Waals surface area (Å²) in [6.45, 7) is 0. The summed E-state index contributed by atoms with van der Waals surface area (Å²) in [5.41, 5.74) is 14.3. The molecular weight excluding hydrogens is 520 g/mol. The van der Waals surface area contributed by atoms with Crippen molar-refractivity contribution in [2.45, 2.75) is 37.5 Å². The maximum atomic E-state index is 4.24. The van der Waals surface area contributed by atoms with Crippen molar-refractivity contribution in [3.8, 4) is 33.4 Å². The van der Waals surface area contributed by atoms with E-state index >= 15 is 0 Å². The first-order valence-electron chi connectivity index (χ1n) is 15.5. The van der Waals surface area contributed by atoms with Crippen LogP contribution < -0.4 is 4.90 Å². The maximum absolute atomic E-state index is 4.24. The van der Waals surface area contributed by atoms with E-state index in [0.717, 1.165) is 11.4 Å². The third kappa shape index (κ3) is 4.46. The van der Waals surface area contributed by atoms with E-state index in [4.69, 9.17) is 0 Å². The van der Waals surface area contributed by atoms with Crippen molar-refractivity contribution in [2.24, 2.45) is 0 Å². The van der Waals surface area contributed by atoms with Crippen molar-refractivity contribution in [3.05, 3.63) is 157 Å². The molecule has 1 heterocycles. The minimum absolute atomic E-state index is 0.113. The highest BCUT2D eigenvalue weighted by molar-refractivity contribution is 5.87. The fraction of sp³-hybridized carbons (Fsp3) is 0.146. The summed E-state index contributed by atoms with van der Waals surface area (Å²) >= 11 is 0. The Bertz CT molecular complexity index is 1880. The number of aromatic nitrogens is 1. The average Bonchev–Trinajstić information content (AvgIpc) is 3.35. The lowest BCUT2D eigenvalue weighted by Crippen LogP contribution is -2.28. The molecule has 2 heteroatoms. The van der Waals surface area contributed by atoms with Gasteiger partial charge in [0.1, 0.15) is 0 Å². The van der Waals surface area contributed by atoms with E-state index < -0.39 is 0 Å². The largest absolute Gasteiger partial charge is 0.310 e. The molecule has 1 saturated carbocycles. The van der Waals surface area contributed by atoms with Gasteiger partial charge in [0.05, 0.1) is 0 Å². The number of hydrogen-bond donors (Lipinski definition) is 0. The first kappa shape index (κ1) is 25.7. The summed E-state index contributed by atoms with van der Waals surface area (Å²) in [6, 6.07) is 49.0. The molecule has 0 bridgehead atoms. The van der Waals surface area contributed by atoms with Crippen molar-refractivity contribution in [3.63, 3.8) is 0 Å². The second kappa shape index (κ2) is 10.7. The average molecular weight is 555 g/mol. The van der Waals surface area contributed by atoms with Crippen LogP contribution in [0, 0.1) is 0 Å². The summed E-state index contributed by atoms with van der Waals surface area (Å²) in [4.78, 5) is 6.67. The van der Waals surface area contributed by atoms with Gasteiger partial charge in [0.25, 0.3) is 0 Å². The smallest absolute Gasteiger partial charge is 0.0467 e. The Balaban J connectivity index is 1.29. The zero-order chi connectivity index (χ0) is 28.6. The zero-order valence-corrected chi connectivity index (χ0v) is 24.3. The fourth-order valence-electron chi connectivity index (χ4n) is 7.53. The molecule has 43 heavy (non-hydrogen) atoms. The van der Waals surface area contributed by atoms with E-state index in [1.165, 1.54) is 82.3 Å². The molecule has 2 aliphatic rings. The topological polar surface area (TPSA) is 16.1 Å². The van der Waals surface area contributed by atoms with Gasteiger partial charge in [-0.3, -0.25) is 4.98 Å². The molecule has 208 valence electrons. The van der Waals surface area contributed by atoms with Gasteiger partial charge in [-0.15, -0.1) is 0 Å². The molecule has 0 unspecified atom stereocenters. The van der Waals surface area contributed by atoms with Gasteiger partial charge in [-0.25, -0.2) is 0 Å². The van der Waals surface area contributed by atoms with Crippen LogP contribution in [0.4, 0.5) is 17.1 Å². The molecule has 0 atom stereocenters. The van der Waals surface area contributed by atoms with Crippen LogP contribution in [0.1, 0.15) is 43.2 Å². The van der Waals surface area contributed by atoms with Crippen LogP contribution in [0.3, 0.4) is 0 Å². The summed E-state index contributed by atoms with van der Waals surface area (Å²) in [5, 5.41) is 0. The van der Waals surface area contributed by atoms with E-state index in [9.17, 15) is 0 Å². The number of anilines is 3. The highest BCUT2D eigenvalue weighted by Gasteiger charge is 2.43. The van der Waals surface area contributed by atoms with Gasteiger partial charge >= 0.3 is 0 Å². The van der Waals surface area contributed by atoms with Gasteiger partial charge in [0.15, 0.2) is 0 Å². The first-order chi connectivity index (χ1) is 21.3. The van der Waals surface area contributed by atoms with Crippen LogP contribution >= 0.6 is 0 Å². The molecule has 0 N–H and O–H groups in total. The van der Waals surface area contributed by atoms with Gasteiger partial charge < -0.3 is 4.90 Å². The summed E-state index contributed by atoms with van der Waals surface area (Å²) in [5.74, 6) is 0. The van der Waals surface area contributed by atoms with Crippen molar-refractivity contribution >= 4 is 17.1 Å². The minimum atomic E-state index is 0.113. The summed E-state index contributed by atoms with van der Waals surface area (Å²) < 4.78 is 0. The van der Waals surface area contributed by atoms with E-state index in [0.29, 0.717) is 0 Å². The van der Waals surface area contributed by atoms with Crippen LogP contribution in [-0.4, -0.2) is 4.98 Å². The number of hydrogen-bond acceptors (Lipinski definition) is 2. The molecule has 1 spiro atoms. The molecule has 2 nitrogen and oxygen atoms in total. The first-order valence-corrected chi connectivity index (χ1v) is 15.5. The molecule has 1 fully saturated rings. The Morgan fingerprint density at radius 2 is 1.07 bits per heavy atom. The van der Waals surface area contributed by atoms with Crippen molar-refractivity contribution in [1.82, 2.24) is 4.98 Å². The van der Waals surface area contributed by atoms with Crippen LogP contribution in [0.2, 0.25) is 0 Å². The monoisotopic (exact) mass is 554 g/mol. The number of pyridine rings is 1. The standard InChI is InChI=1S/C41H34N2/c1-3-10-30(11-4-1)31-16-18-34(19-17-31)43(35-13-9-12-33(28-35)32-22-26-42-27-23-32)36-20-21-38-37-14-5-6-15-39(37)41(40(38)29-36)24-7-2-8-25-41/h1,3-6,9-23,26-29H,2,7-8,24-25H2. The Kier molecular flexibility index (Phi) is 6.41. The number of benzene rings is 5. The highest BCUT2D eigenvalue weighted by atomic mass is 15.1. The van der Waals surface area contributed by atoms with E-state index in [2.05, 4.69) is 143 Å². The fourth-order valence-corrected chi connectivity index (χ4v) is 7.53.